The third kappa shape index (κ3) is 4.41. The minimum Gasteiger partial charge on any atom is -0.486 e. The zero-order valence-corrected chi connectivity index (χ0v) is 14.8. The summed E-state index contributed by atoms with van der Waals surface area (Å²) < 4.78 is 38.0. The van der Waals surface area contributed by atoms with Gasteiger partial charge in [-0.15, -0.1) is 0 Å². The molecule has 2 heterocycles. The highest BCUT2D eigenvalue weighted by Gasteiger charge is 2.18. The quantitative estimate of drug-likeness (QED) is 0.758. The maximum atomic E-state index is 12.3. The molecule has 23 heavy (non-hydrogen) atoms. The van der Waals surface area contributed by atoms with Crippen LogP contribution in [0.2, 0.25) is 0 Å². The second-order valence-corrected chi connectivity index (χ2v) is 8.54. The Morgan fingerprint density at radius 1 is 1.17 bits per heavy atom. The van der Waals surface area contributed by atoms with Crippen LogP contribution in [0.5, 0.6) is 11.5 Å². The van der Waals surface area contributed by atoms with Crippen molar-refractivity contribution in [2.24, 2.45) is 0 Å². The monoisotopic (exact) mass is 371 g/mol. The number of hydrogen-bond donors (Lipinski definition) is 1. The molecule has 1 aromatic carbocycles. The van der Waals surface area contributed by atoms with Crippen molar-refractivity contribution in [3.8, 4) is 11.5 Å². The Balaban J connectivity index is 1.52. The average Bonchev–Trinajstić information content (AvgIpc) is 3.07. The summed E-state index contributed by atoms with van der Waals surface area (Å²) >= 11 is 3.37. The van der Waals surface area contributed by atoms with Gasteiger partial charge < -0.3 is 9.47 Å². The van der Waals surface area contributed by atoms with Gasteiger partial charge in [-0.25, -0.2) is 13.1 Å². The fourth-order valence-electron chi connectivity index (χ4n) is 2.09. The molecule has 2 aromatic rings. The van der Waals surface area contributed by atoms with Gasteiger partial charge >= 0.3 is 0 Å². The van der Waals surface area contributed by atoms with Gasteiger partial charge in [-0.3, -0.25) is 0 Å². The van der Waals surface area contributed by atoms with Crippen molar-refractivity contribution in [3.63, 3.8) is 0 Å². The van der Waals surface area contributed by atoms with Crippen LogP contribution in [0, 0.1) is 0 Å². The van der Waals surface area contributed by atoms with Crippen molar-refractivity contribution in [1.82, 2.24) is 4.72 Å². The first kappa shape index (κ1) is 16.6. The van der Waals surface area contributed by atoms with Crippen molar-refractivity contribution in [3.05, 3.63) is 40.6 Å². The normalized spacial score (nSPS) is 13.9. The largest absolute Gasteiger partial charge is 0.486 e. The number of sulfonamides is 1. The molecule has 1 N–H and O–H groups in total. The second kappa shape index (κ2) is 7.57. The van der Waals surface area contributed by atoms with E-state index in [9.17, 15) is 8.42 Å². The smallest absolute Gasteiger partial charge is 0.240 e. The zero-order valence-electron chi connectivity index (χ0n) is 12.4. The summed E-state index contributed by atoms with van der Waals surface area (Å²) in [7, 11) is -3.52. The predicted molar refractivity (Wildman–Crippen MR) is 93.1 cm³/mol. The minimum absolute atomic E-state index is 0.199. The van der Waals surface area contributed by atoms with Crippen molar-refractivity contribution in [2.75, 3.05) is 25.5 Å². The molecule has 0 saturated heterocycles. The molecule has 124 valence electrons. The Hall–Kier alpha value is -1.22. The summed E-state index contributed by atoms with van der Waals surface area (Å²) in [6.45, 7) is 1.31. The predicted octanol–water partition coefficient (Wildman–Crippen LogP) is 2.73. The highest BCUT2D eigenvalue weighted by molar-refractivity contribution is 7.98. The molecule has 5 nitrogen and oxygen atoms in total. The first-order chi connectivity index (χ1) is 11.1. The minimum atomic E-state index is -3.52. The summed E-state index contributed by atoms with van der Waals surface area (Å²) in [4.78, 5) is 0.199. The molecular weight excluding hydrogens is 354 g/mol. The van der Waals surface area contributed by atoms with E-state index >= 15 is 0 Å². The van der Waals surface area contributed by atoms with Gasteiger partial charge in [-0.2, -0.15) is 23.1 Å². The summed E-state index contributed by atoms with van der Waals surface area (Å²) in [5.74, 6) is 2.68. The highest BCUT2D eigenvalue weighted by Crippen LogP contribution is 2.32. The van der Waals surface area contributed by atoms with E-state index in [0.717, 1.165) is 11.5 Å². The molecular formula is C15H17NO4S3. The number of hydrogen-bond acceptors (Lipinski definition) is 6. The first-order valence-corrected chi connectivity index (χ1v) is 10.7. The van der Waals surface area contributed by atoms with Crippen LogP contribution in [0.3, 0.4) is 0 Å². The molecule has 0 bridgehead atoms. The first-order valence-electron chi connectivity index (χ1n) is 7.13. The van der Waals surface area contributed by atoms with Gasteiger partial charge in [0.25, 0.3) is 0 Å². The van der Waals surface area contributed by atoms with Crippen molar-refractivity contribution in [1.29, 1.82) is 0 Å². The van der Waals surface area contributed by atoms with Gasteiger partial charge in [0.1, 0.15) is 13.2 Å². The summed E-state index contributed by atoms with van der Waals surface area (Å²) in [6.07, 6.45) is 0. The molecule has 0 atom stereocenters. The van der Waals surface area contributed by atoms with E-state index in [1.807, 2.05) is 5.38 Å². The van der Waals surface area contributed by atoms with Crippen LogP contribution in [0.4, 0.5) is 0 Å². The Labute approximate surface area is 144 Å². The van der Waals surface area contributed by atoms with Crippen LogP contribution in [0.25, 0.3) is 0 Å². The molecule has 3 rings (SSSR count). The van der Waals surface area contributed by atoms with E-state index in [0.29, 0.717) is 31.3 Å². The molecule has 0 saturated carbocycles. The molecule has 0 amide bonds. The average molecular weight is 372 g/mol. The highest BCUT2D eigenvalue weighted by atomic mass is 32.2. The lowest BCUT2D eigenvalue weighted by Crippen LogP contribution is -2.26. The fourth-order valence-corrected chi connectivity index (χ4v) is 4.84. The van der Waals surface area contributed by atoms with Gasteiger partial charge in [-0.05, 0) is 34.5 Å². The third-order valence-corrected chi connectivity index (χ3v) is 6.43. The molecule has 1 aliphatic heterocycles. The van der Waals surface area contributed by atoms with Crippen LogP contribution in [-0.4, -0.2) is 33.9 Å². The summed E-state index contributed by atoms with van der Waals surface area (Å²) in [5, 5.41) is 4.15. The molecule has 1 aliphatic rings. The van der Waals surface area contributed by atoms with E-state index in [1.165, 1.54) is 17.7 Å². The van der Waals surface area contributed by atoms with E-state index in [-0.39, 0.29) is 4.90 Å². The summed E-state index contributed by atoms with van der Waals surface area (Å²) in [5.41, 5.74) is 1.27. The second-order valence-electron chi connectivity index (χ2n) is 4.89. The van der Waals surface area contributed by atoms with Crippen molar-refractivity contribution in [2.45, 2.75) is 10.6 Å². The molecule has 0 radical (unpaired) electrons. The number of thiophene rings is 1. The number of thioether (sulfide) groups is 1. The number of benzene rings is 1. The van der Waals surface area contributed by atoms with E-state index in [1.54, 1.807) is 29.2 Å². The number of nitrogens with one attached hydrogen (secondary N) is 1. The Kier molecular flexibility index (Phi) is 5.47. The maximum absolute atomic E-state index is 12.3. The van der Waals surface area contributed by atoms with Crippen molar-refractivity contribution >= 4 is 33.1 Å². The van der Waals surface area contributed by atoms with Crippen LogP contribution >= 0.6 is 23.1 Å². The van der Waals surface area contributed by atoms with Crippen LogP contribution in [0.1, 0.15) is 5.56 Å². The number of ether oxygens (including phenoxy) is 2. The maximum Gasteiger partial charge on any atom is 0.240 e. The molecule has 8 heteroatoms. The van der Waals surface area contributed by atoms with Gasteiger partial charge in [0.15, 0.2) is 11.5 Å². The van der Waals surface area contributed by atoms with Crippen LogP contribution in [-0.2, 0) is 15.8 Å². The summed E-state index contributed by atoms with van der Waals surface area (Å²) in [6, 6.07) is 6.76. The van der Waals surface area contributed by atoms with Gasteiger partial charge in [0.2, 0.25) is 10.0 Å². The third-order valence-electron chi connectivity index (χ3n) is 3.21. The van der Waals surface area contributed by atoms with Crippen molar-refractivity contribution < 1.29 is 17.9 Å². The molecule has 0 aliphatic carbocycles. The lowest BCUT2D eigenvalue weighted by molar-refractivity contribution is 0.171. The molecule has 0 unspecified atom stereocenters. The van der Waals surface area contributed by atoms with Gasteiger partial charge in [0.05, 0.1) is 4.90 Å². The lowest BCUT2D eigenvalue weighted by Gasteiger charge is -2.18. The standard InChI is InChI=1S/C15H17NO4S3/c17-23(18,16-4-8-22-11-12-3-7-21-10-12)13-1-2-14-15(9-13)20-6-5-19-14/h1-3,7,9-10,16H,4-6,8,11H2. The Morgan fingerprint density at radius 2 is 2.00 bits per heavy atom. The topological polar surface area (TPSA) is 64.6 Å². The van der Waals surface area contributed by atoms with E-state index in [2.05, 4.69) is 16.2 Å². The van der Waals surface area contributed by atoms with Gasteiger partial charge in [0, 0.05) is 24.1 Å². The Morgan fingerprint density at radius 3 is 2.78 bits per heavy atom. The molecule has 0 spiro atoms. The molecule has 1 aromatic heterocycles. The zero-order chi connectivity index (χ0) is 16.1. The SMILES string of the molecule is O=S(=O)(NCCSCc1ccsc1)c1ccc2c(c1)OCCO2. The number of fused-ring (bicyclic) bond motifs is 1. The van der Waals surface area contributed by atoms with E-state index in [4.69, 9.17) is 9.47 Å². The number of rotatable bonds is 7. The Bertz CT molecular complexity index is 744. The fraction of sp³-hybridized carbons (Fsp3) is 0.333. The lowest BCUT2D eigenvalue weighted by atomic mass is 10.3. The van der Waals surface area contributed by atoms with Gasteiger partial charge in [-0.1, -0.05) is 0 Å². The van der Waals surface area contributed by atoms with E-state index < -0.39 is 10.0 Å². The van der Waals surface area contributed by atoms with Crippen LogP contribution < -0.4 is 14.2 Å². The molecule has 0 fully saturated rings. The van der Waals surface area contributed by atoms with Crippen LogP contribution in [0.15, 0.2) is 39.9 Å².